The van der Waals surface area contributed by atoms with Crippen LogP contribution in [0.2, 0.25) is 0 Å². The first-order chi connectivity index (χ1) is 10.3. The van der Waals surface area contributed by atoms with Crippen LogP contribution in [0.25, 0.3) is 0 Å². The quantitative estimate of drug-likeness (QED) is 0.886. The number of benzene rings is 2. The Labute approximate surface area is 122 Å². The lowest BCUT2D eigenvalue weighted by molar-refractivity contribution is 0.0955. The van der Waals surface area contributed by atoms with E-state index in [0.717, 1.165) is 35.5 Å². The molecule has 0 bridgehead atoms. The third-order valence-corrected chi connectivity index (χ3v) is 4.13. The molecule has 4 nitrogen and oxygen atoms in total. The summed E-state index contributed by atoms with van der Waals surface area (Å²) in [5.74, 6) is 0.0407. The van der Waals surface area contributed by atoms with E-state index in [4.69, 9.17) is 0 Å². The van der Waals surface area contributed by atoms with Crippen LogP contribution in [-0.4, -0.2) is 18.2 Å². The average molecular weight is 277 g/mol. The maximum atomic E-state index is 12.2. The molecule has 1 unspecified atom stereocenters. The minimum absolute atomic E-state index is 0.122. The first kappa shape index (κ1) is 12.1. The van der Waals surface area contributed by atoms with E-state index in [1.165, 1.54) is 5.56 Å². The Balaban J connectivity index is 1.76. The van der Waals surface area contributed by atoms with Crippen molar-refractivity contribution in [2.45, 2.75) is 12.3 Å². The second kappa shape index (κ2) is 4.74. The van der Waals surface area contributed by atoms with E-state index in [1.807, 2.05) is 36.4 Å². The summed E-state index contributed by atoms with van der Waals surface area (Å²) in [6.07, 6.45) is 0.751. The number of hydrogen-bond acceptors (Lipinski definition) is 3. The van der Waals surface area contributed by atoms with Crippen molar-refractivity contribution in [2.75, 3.05) is 11.9 Å². The van der Waals surface area contributed by atoms with Gasteiger partial charge in [-0.3, -0.25) is 4.79 Å². The Morgan fingerprint density at radius 2 is 1.95 bits per heavy atom. The molecule has 104 valence electrons. The summed E-state index contributed by atoms with van der Waals surface area (Å²) in [7, 11) is 0. The Morgan fingerprint density at radius 3 is 2.81 bits per heavy atom. The molecule has 0 radical (unpaired) electrons. The van der Waals surface area contributed by atoms with Crippen molar-refractivity contribution in [3.8, 4) is 0 Å². The fraction of sp³-hybridized carbons (Fsp3) is 0.176. The molecule has 2 heterocycles. The zero-order chi connectivity index (χ0) is 14.2. The van der Waals surface area contributed by atoms with Crippen LogP contribution in [0.15, 0.2) is 53.6 Å². The molecule has 4 heteroatoms. The van der Waals surface area contributed by atoms with Crippen molar-refractivity contribution in [1.82, 2.24) is 5.43 Å². The van der Waals surface area contributed by atoms with Gasteiger partial charge in [0, 0.05) is 30.1 Å². The first-order valence-corrected chi connectivity index (χ1v) is 7.10. The summed E-state index contributed by atoms with van der Waals surface area (Å²) in [6.45, 7) is 0.799. The van der Waals surface area contributed by atoms with Crippen LogP contribution >= 0.6 is 0 Å². The maximum Gasteiger partial charge on any atom is 0.271 e. The van der Waals surface area contributed by atoms with Crippen molar-refractivity contribution in [1.29, 1.82) is 0 Å². The maximum absolute atomic E-state index is 12.2. The normalized spacial score (nSPS) is 19.1. The van der Waals surface area contributed by atoms with E-state index in [2.05, 4.69) is 28.0 Å². The van der Waals surface area contributed by atoms with E-state index >= 15 is 0 Å². The van der Waals surface area contributed by atoms with Crippen molar-refractivity contribution in [2.24, 2.45) is 5.10 Å². The Bertz CT molecular complexity index is 737. The molecular weight excluding hydrogens is 262 g/mol. The number of carbonyl (C=O) groups excluding carboxylic acids is 1. The standard InChI is InChI=1S/C17H15N3O/c21-17-12-7-4-8-14-16(12)13(10-18-14)15(19-20-17)9-11-5-2-1-3-6-11/h1-8,13,18H,9-10H2,(H,20,21). The predicted molar refractivity (Wildman–Crippen MR) is 82.7 cm³/mol. The van der Waals surface area contributed by atoms with Crippen molar-refractivity contribution < 1.29 is 4.79 Å². The molecule has 1 atom stereocenters. The van der Waals surface area contributed by atoms with Gasteiger partial charge < -0.3 is 5.32 Å². The van der Waals surface area contributed by atoms with Gasteiger partial charge in [0.2, 0.25) is 0 Å². The van der Waals surface area contributed by atoms with E-state index in [0.29, 0.717) is 0 Å². The second-order valence-corrected chi connectivity index (χ2v) is 5.41. The summed E-state index contributed by atoms with van der Waals surface area (Å²) in [5, 5.41) is 7.76. The average Bonchev–Trinajstić information content (AvgIpc) is 2.90. The molecule has 2 aliphatic heterocycles. The van der Waals surface area contributed by atoms with Crippen molar-refractivity contribution in [3.05, 3.63) is 65.2 Å². The monoisotopic (exact) mass is 277 g/mol. The van der Waals surface area contributed by atoms with Crippen molar-refractivity contribution in [3.63, 3.8) is 0 Å². The molecule has 0 saturated heterocycles. The van der Waals surface area contributed by atoms with Gasteiger partial charge in [0.25, 0.3) is 5.91 Å². The third-order valence-electron chi connectivity index (χ3n) is 4.13. The van der Waals surface area contributed by atoms with Crippen molar-refractivity contribution >= 4 is 17.3 Å². The molecule has 0 fully saturated rings. The SMILES string of the molecule is O=C1NN=C(Cc2ccccc2)C2CNc3cccc1c32. The molecular formula is C17H15N3O. The number of hydrogen-bond donors (Lipinski definition) is 2. The van der Waals surface area contributed by atoms with Gasteiger partial charge in [-0.15, -0.1) is 0 Å². The highest BCUT2D eigenvalue weighted by Crippen LogP contribution is 2.37. The zero-order valence-electron chi connectivity index (χ0n) is 11.5. The fourth-order valence-electron chi connectivity index (χ4n) is 3.12. The number of nitrogens with one attached hydrogen (secondary N) is 2. The van der Waals surface area contributed by atoms with Crippen LogP contribution in [0.5, 0.6) is 0 Å². The molecule has 2 aromatic carbocycles. The molecule has 1 amide bonds. The summed E-state index contributed by atoms with van der Waals surface area (Å²) < 4.78 is 0. The number of hydrazone groups is 1. The molecule has 2 N–H and O–H groups in total. The Morgan fingerprint density at radius 1 is 1.10 bits per heavy atom. The highest BCUT2D eigenvalue weighted by molar-refractivity contribution is 6.06. The van der Waals surface area contributed by atoms with E-state index < -0.39 is 0 Å². The van der Waals surface area contributed by atoms with Gasteiger partial charge in [-0.05, 0) is 23.3 Å². The van der Waals surface area contributed by atoms with Gasteiger partial charge in [0.15, 0.2) is 0 Å². The highest BCUT2D eigenvalue weighted by atomic mass is 16.2. The highest BCUT2D eigenvalue weighted by Gasteiger charge is 2.33. The molecule has 21 heavy (non-hydrogen) atoms. The van der Waals surface area contributed by atoms with Crippen LogP contribution < -0.4 is 10.7 Å². The first-order valence-electron chi connectivity index (χ1n) is 7.10. The topological polar surface area (TPSA) is 53.5 Å². The molecule has 0 spiro atoms. The lowest BCUT2D eigenvalue weighted by Crippen LogP contribution is -2.20. The van der Waals surface area contributed by atoms with Crippen LogP contribution in [0.4, 0.5) is 5.69 Å². The second-order valence-electron chi connectivity index (χ2n) is 5.41. The van der Waals surface area contributed by atoms with E-state index in [1.54, 1.807) is 0 Å². The number of rotatable bonds is 2. The zero-order valence-corrected chi connectivity index (χ0v) is 11.5. The Hall–Kier alpha value is -2.62. The van der Waals surface area contributed by atoms with Gasteiger partial charge >= 0.3 is 0 Å². The summed E-state index contributed by atoms with van der Waals surface area (Å²) >= 11 is 0. The smallest absolute Gasteiger partial charge is 0.271 e. The van der Waals surface area contributed by atoms with Crippen LogP contribution in [-0.2, 0) is 6.42 Å². The Kier molecular flexibility index (Phi) is 2.74. The number of carbonyl (C=O) groups is 1. The predicted octanol–water partition coefficient (Wildman–Crippen LogP) is 2.54. The minimum atomic E-state index is -0.122. The van der Waals surface area contributed by atoms with Crippen LogP contribution in [0.3, 0.4) is 0 Å². The van der Waals surface area contributed by atoms with Crippen LogP contribution in [0, 0.1) is 0 Å². The molecule has 2 aromatic rings. The van der Waals surface area contributed by atoms with E-state index in [9.17, 15) is 4.79 Å². The van der Waals surface area contributed by atoms with E-state index in [-0.39, 0.29) is 11.8 Å². The molecule has 0 aromatic heterocycles. The summed E-state index contributed by atoms with van der Waals surface area (Å²) in [6, 6.07) is 16.0. The minimum Gasteiger partial charge on any atom is -0.384 e. The molecule has 0 aliphatic carbocycles. The van der Waals surface area contributed by atoms with Gasteiger partial charge in [-0.2, -0.15) is 5.10 Å². The number of nitrogens with zero attached hydrogens (tertiary/aromatic N) is 1. The summed E-state index contributed by atoms with van der Waals surface area (Å²) in [5.41, 5.74) is 7.76. The van der Waals surface area contributed by atoms with Gasteiger partial charge in [0.05, 0.1) is 5.71 Å². The number of anilines is 1. The number of amides is 1. The fourth-order valence-corrected chi connectivity index (χ4v) is 3.12. The van der Waals surface area contributed by atoms with Gasteiger partial charge in [-0.1, -0.05) is 36.4 Å². The third kappa shape index (κ3) is 2.00. The van der Waals surface area contributed by atoms with Crippen LogP contribution in [0.1, 0.15) is 27.4 Å². The lowest BCUT2D eigenvalue weighted by atomic mass is 9.89. The molecule has 0 saturated carbocycles. The van der Waals surface area contributed by atoms with Gasteiger partial charge in [0.1, 0.15) is 0 Å². The van der Waals surface area contributed by atoms with Gasteiger partial charge in [-0.25, -0.2) is 5.43 Å². The molecule has 4 rings (SSSR count). The summed E-state index contributed by atoms with van der Waals surface area (Å²) in [4.78, 5) is 12.2. The lowest BCUT2D eigenvalue weighted by Gasteiger charge is -2.12. The largest absolute Gasteiger partial charge is 0.384 e. The molecule has 2 aliphatic rings.